The zero-order valence-corrected chi connectivity index (χ0v) is 33.7. The Hall–Kier alpha value is -5.50. The summed E-state index contributed by atoms with van der Waals surface area (Å²) in [5.74, 6) is -1.28. The van der Waals surface area contributed by atoms with Crippen LogP contribution in [0.25, 0.3) is 11.3 Å². The number of hydrogen-bond acceptors (Lipinski definition) is 12. The molecule has 5 heterocycles. The molecule has 316 valence electrons. The maximum absolute atomic E-state index is 14.9. The van der Waals surface area contributed by atoms with Crippen LogP contribution in [-0.2, 0) is 45.7 Å². The molecule has 0 radical (unpaired) electrons. The van der Waals surface area contributed by atoms with Crippen LogP contribution in [0, 0.1) is 11.7 Å². The first-order chi connectivity index (χ1) is 28.4. The van der Waals surface area contributed by atoms with Crippen LogP contribution in [0.1, 0.15) is 90.7 Å². The van der Waals surface area contributed by atoms with Crippen LogP contribution in [0.15, 0.2) is 17.8 Å². The summed E-state index contributed by atoms with van der Waals surface area (Å²) in [6.07, 6.45) is 8.88. The first kappa shape index (κ1) is 41.7. The number of rotatable bonds is 18. The lowest BCUT2D eigenvalue weighted by Crippen LogP contribution is -2.52. The number of anilines is 1. The van der Waals surface area contributed by atoms with Crippen LogP contribution >= 0.6 is 11.3 Å². The number of thiophene rings is 1. The molecule has 1 unspecified atom stereocenters. The van der Waals surface area contributed by atoms with Gasteiger partial charge in [-0.05, 0) is 82.2 Å². The highest BCUT2D eigenvalue weighted by Crippen LogP contribution is 2.36. The summed E-state index contributed by atoms with van der Waals surface area (Å²) >= 11 is 1.38. The maximum atomic E-state index is 14.9. The largest absolute Gasteiger partial charge is 0.465 e. The molecule has 2 aliphatic heterocycles. The summed E-state index contributed by atoms with van der Waals surface area (Å²) in [4.78, 5) is 86.4. The Morgan fingerprint density at radius 2 is 1.78 bits per heavy atom. The minimum absolute atomic E-state index is 0.0397. The average molecular weight is 836 g/mol. The number of piperidine rings is 1. The lowest BCUT2D eigenvalue weighted by molar-refractivity contribution is -0.137. The van der Waals surface area contributed by atoms with Crippen molar-refractivity contribution >= 4 is 52.9 Å². The van der Waals surface area contributed by atoms with Crippen LogP contribution in [0.4, 0.5) is 15.1 Å². The second kappa shape index (κ2) is 18.6. The SMILES string of the molecule is Cn1ncc(-c2nc(NC3CCC(N(CC(=O)NCCCCNCC(=O)NCc4scc5c4CN(C4CCC(=O)NC4=O)C5=O)C(=O)O)CC3)ncc2F)c1CC1CC1. The Morgan fingerprint density at radius 3 is 2.53 bits per heavy atom. The second-order valence-corrected chi connectivity index (χ2v) is 16.7. The molecule has 3 aromatic rings. The number of aryl methyl sites for hydroxylation is 1. The Balaban J connectivity index is 0.766. The summed E-state index contributed by atoms with van der Waals surface area (Å²) in [7, 11) is 1.85. The molecule has 2 aliphatic carbocycles. The van der Waals surface area contributed by atoms with Gasteiger partial charge >= 0.3 is 6.09 Å². The van der Waals surface area contributed by atoms with Gasteiger partial charge in [0.15, 0.2) is 5.82 Å². The number of imide groups is 1. The van der Waals surface area contributed by atoms with Crippen molar-refractivity contribution in [3.05, 3.63) is 45.3 Å². The quantitative estimate of drug-likeness (QED) is 0.0801. The molecule has 1 saturated heterocycles. The van der Waals surface area contributed by atoms with Crippen LogP contribution in [0.5, 0.6) is 0 Å². The van der Waals surface area contributed by atoms with E-state index in [1.807, 2.05) is 7.05 Å². The monoisotopic (exact) mass is 835 g/mol. The van der Waals surface area contributed by atoms with Gasteiger partial charge < -0.3 is 31.3 Å². The van der Waals surface area contributed by atoms with Crippen LogP contribution in [0.3, 0.4) is 0 Å². The number of carbonyl (C=O) groups is 6. The third-order valence-corrected chi connectivity index (χ3v) is 12.5. The lowest BCUT2D eigenvalue weighted by atomic mass is 9.90. The fraction of sp³-hybridized carbons (Fsp3) is 0.564. The standard InChI is InChI=1S/C39H50FN11O7S/c1-49-30(14-22-4-5-22)25(15-45-49)35-28(40)16-44-38(48-35)46-23-6-8-24(9-7-23)50(39(57)58)20-34(54)42-13-3-2-12-41-18-33(53)43-17-31-26-19-51(37(56)27(26)21-59-31)29-10-11-32(52)47-36(29)55/h15-16,21-24,29,41H,2-14,17-20H2,1H3,(H,42,54)(H,43,53)(H,57,58)(H,44,46,48)(H,47,52,55). The van der Waals surface area contributed by atoms with E-state index in [0.717, 1.165) is 41.6 Å². The zero-order valence-electron chi connectivity index (χ0n) is 32.9. The van der Waals surface area contributed by atoms with E-state index < -0.39 is 23.9 Å². The molecule has 18 nitrogen and oxygen atoms in total. The highest BCUT2D eigenvalue weighted by Gasteiger charge is 2.40. The van der Waals surface area contributed by atoms with E-state index in [1.54, 1.807) is 16.3 Å². The summed E-state index contributed by atoms with van der Waals surface area (Å²) in [6.45, 7) is 1.19. The van der Waals surface area contributed by atoms with E-state index in [4.69, 9.17) is 0 Å². The van der Waals surface area contributed by atoms with Crippen molar-refractivity contribution in [2.45, 2.75) is 102 Å². The molecule has 3 fully saturated rings. The number of amides is 6. The van der Waals surface area contributed by atoms with Crippen molar-refractivity contribution in [1.82, 2.24) is 50.8 Å². The topological polar surface area (TPSA) is 233 Å². The Morgan fingerprint density at radius 1 is 1.00 bits per heavy atom. The number of nitrogens with one attached hydrogen (secondary N) is 5. The van der Waals surface area contributed by atoms with E-state index in [0.29, 0.717) is 74.6 Å². The molecule has 20 heteroatoms. The molecule has 59 heavy (non-hydrogen) atoms. The highest BCUT2D eigenvalue weighted by atomic mass is 32.1. The number of hydrogen-bond donors (Lipinski definition) is 6. The van der Waals surface area contributed by atoms with Crippen molar-refractivity contribution < 1.29 is 38.3 Å². The van der Waals surface area contributed by atoms with Gasteiger partial charge in [-0.15, -0.1) is 11.3 Å². The minimum Gasteiger partial charge on any atom is -0.465 e. The molecule has 2 saturated carbocycles. The summed E-state index contributed by atoms with van der Waals surface area (Å²) < 4.78 is 16.7. The van der Waals surface area contributed by atoms with E-state index in [2.05, 4.69) is 41.7 Å². The lowest BCUT2D eigenvalue weighted by Gasteiger charge is -2.35. The molecule has 6 N–H and O–H groups in total. The first-order valence-corrected chi connectivity index (χ1v) is 21.1. The molecular formula is C39H50FN11O7S. The number of nitrogens with zero attached hydrogens (tertiary/aromatic N) is 6. The third-order valence-electron chi connectivity index (χ3n) is 11.5. The molecule has 4 aliphatic rings. The molecule has 0 bridgehead atoms. The zero-order chi connectivity index (χ0) is 41.6. The molecule has 6 amide bonds. The van der Waals surface area contributed by atoms with Crippen molar-refractivity contribution in [1.29, 1.82) is 0 Å². The van der Waals surface area contributed by atoms with E-state index in [-0.39, 0.29) is 80.4 Å². The maximum Gasteiger partial charge on any atom is 0.408 e. The van der Waals surface area contributed by atoms with Gasteiger partial charge in [-0.3, -0.25) is 38.9 Å². The predicted octanol–water partition coefficient (Wildman–Crippen LogP) is 2.30. The number of halogens is 1. The van der Waals surface area contributed by atoms with Crippen molar-refractivity contribution in [2.75, 3.05) is 31.5 Å². The van der Waals surface area contributed by atoms with Gasteiger partial charge in [-0.2, -0.15) is 5.10 Å². The molecule has 0 spiro atoms. The molecular weight excluding hydrogens is 786 g/mol. The highest BCUT2D eigenvalue weighted by molar-refractivity contribution is 7.10. The van der Waals surface area contributed by atoms with Gasteiger partial charge in [0.05, 0.1) is 31.0 Å². The van der Waals surface area contributed by atoms with Crippen molar-refractivity contribution in [2.24, 2.45) is 13.0 Å². The smallest absolute Gasteiger partial charge is 0.408 e. The van der Waals surface area contributed by atoms with Gasteiger partial charge in [-0.1, -0.05) is 0 Å². The first-order valence-electron chi connectivity index (χ1n) is 20.2. The molecule has 1 atom stereocenters. The Kier molecular flexibility index (Phi) is 13.1. The summed E-state index contributed by atoms with van der Waals surface area (Å²) in [5, 5.41) is 30.4. The van der Waals surface area contributed by atoms with Gasteiger partial charge in [0, 0.05) is 60.2 Å². The van der Waals surface area contributed by atoms with Gasteiger partial charge in [0.2, 0.25) is 29.6 Å². The minimum atomic E-state index is -1.16. The van der Waals surface area contributed by atoms with Gasteiger partial charge in [0.1, 0.15) is 18.3 Å². The number of unbranched alkanes of at least 4 members (excludes halogenated alkanes) is 1. The van der Waals surface area contributed by atoms with Gasteiger partial charge in [0.25, 0.3) is 5.91 Å². The fourth-order valence-corrected chi connectivity index (χ4v) is 8.97. The second-order valence-electron chi connectivity index (χ2n) is 15.7. The molecule has 0 aromatic carbocycles. The summed E-state index contributed by atoms with van der Waals surface area (Å²) in [6, 6.07) is -1.06. The van der Waals surface area contributed by atoms with Crippen molar-refractivity contribution in [3.8, 4) is 11.3 Å². The number of aromatic nitrogens is 4. The average Bonchev–Trinajstić information content (AvgIpc) is 3.71. The number of carbonyl (C=O) groups excluding carboxylic acids is 5. The fourth-order valence-electron chi connectivity index (χ4n) is 8.00. The van der Waals surface area contributed by atoms with Crippen LogP contribution < -0.4 is 26.6 Å². The summed E-state index contributed by atoms with van der Waals surface area (Å²) in [5.41, 5.74) is 3.13. The molecule has 7 rings (SSSR count). The van der Waals surface area contributed by atoms with Gasteiger partial charge in [-0.25, -0.2) is 19.2 Å². The number of fused-ring (bicyclic) bond motifs is 1. The predicted molar refractivity (Wildman–Crippen MR) is 212 cm³/mol. The van der Waals surface area contributed by atoms with E-state index >= 15 is 0 Å². The van der Waals surface area contributed by atoms with Crippen molar-refractivity contribution in [3.63, 3.8) is 0 Å². The van der Waals surface area contributed by atoms with Crippen LogP contribution in [-0.4, -0.2) is 115 Å². The third kappa shape index (κ3) is 10.2. The normalized spacial score (nSPS) is 20.3. The van der Waals surface area contributed by atoms with E-state index in [1.165, 1.54) is 21.1 Å². The van der Waals surface area contributed by atoms with E-state index in [9.17, 15) is 38.3 Å². The Labute approximate surface area is 344 Å². The Bertz CT molecular complexity index is 2080. The number of carboxylic acid groups (broad SMARTS) is 1. The van der Waals surface area contributed by atoms with Crippen LogP contribution in [0.2, 0.25) is 0 Å². The molecule has 3 aromatic heterocycles.